The van der Waals surface area contributed by atoms with E-state index in [9.17, 15) is 0 Å². The van der Waals surface area contributed by atoms with Crippen LogP contribution in [-0.2, 0) is 22.6 Å². The van der Waals surface area contributed by atoms with Crippen molar-refractivity contribution in [3.05, 3.63) is 65.6 Å². The van der Waals surface area contributed by atoms with Gasteiger partial charge in [-0.15, -0.1) is 0 Å². The largest absolute Gasteiger partial charge is 0.381 e. The highest BCUT2D eigenvalue weighted by Gasteiger charge is 2.21. The lowest BCUT2D eigenvalue weighted by Crippen LogP contribution is -2.11. The Balaban J connectivity index is 1.57. The fraction of sp³-hybridized carbons (Fsp3) is 0.381. The summed E-state index contributed by atoms with van der Waals surface area (Å²) in [6, 6.07) is 10.3. The van der Waals surface area contributed by atoms with Crippen molar-refractivity contribution < 1.29 is 9.47 Å². The number of benzene rings is 1. The van der Waals surface area contributed by atoms with Gasteiger partial charge in [0.05, 0.1) is 18.0 Å². The first-order valence-electron chi connectivity index (χ1n) is 9.51. The highest BCUT2D eigenvalue weighted by Crippen LogP contribution is 2.26. The first kappa shape index (κ1) is 18.6. The van der Waals surface area contributed by atoms with Crippen LogP contribution >= 0.6 is 0 Å². The Morgan fingerprint density at radius 2 is 2.18 bits per heavy atom. The van der Waals surface area contributed by atoms with Gasteiger partial charge < -0.3 is 19.4 Å². The van der Waals surface area contributed by atoms with E-state index < -0.39 is 0 Å². The number of nitrogens with one attached hydrogen (secondary N) is 1. The molecule has 3 aromatic rings. The lowest BCUT2D eigenvalue weighted by atomic mass is 10.0. The van der Waals surface area contributed by atoms with Crippen molar-refractivity contribution in [3.63, 3.8) is 0 Å². The van der Waals surface area contributed by atoms with Gasteiger partial charge in [0.25, 0.3) is 0 Å². The van der Waals surface area contributed by atoms with Crippen LogP contribution in [0.25, 0.3) is 5.69 Å². The summed E-state index contributed by atoms with van der Waals surface area (Å²) in [5.74, 6) is 2.77. The van der Waals surface area contributed by atoms with Crippen LogP contribution in [0.15, 0.2) is 42.7 Å². The minimum Gasteiger partial charge on any atom is -0.381 e. The van der Waals surface area contributed by atoms with Gasteiger partial charge in [-0.1, -0.05) is 18.2 Å². The topological polar surface area (TPSA) is 74.1 Å². The number of anilines is 1. The van der Waals surface area contributed by atoms with E-state index in [2.05, 4.69) is 37.0 Å². The van der Waals surface area contributed by atoms with Gasteiger partial charge in [0, 0.05) is 44.6 Å². The van der Waals surface area contributed by atoms with Crippen LogP contribution in [0, 0.1) is 6.92 Å². The van der Waals surface area contributed by atoms with Crippen LogP contribution in [-0.4, -0.2) is 39.8 Å². The van der Waals surface area contributed by atoms with E-state index in [0.717, 1.165) is 36.1 Å². The zero-order valence-electron chi connectivity index (χ0n) is 16.3. The average Bonchev–Trinajstić information content (AvgIpc) is 3.39. The van der Waals surface area contributed by atoms with E-state index in [0.29, 0.717) is 31.5 Å². The minimum absolute atomic E-state index is 0.319. The Hall–Kier alpha value is -2.77. The molecular weight excluding hydrogens is 354 g/mol. The Kier molecular flexibility index (Phi) is 5.64. The molecule has 28 heavy (non-hydrogen) atoms. The number of aromatic nitrogens is 4. The molecule has 2 aromatic heterocycles. The number of methoxy groups -OCH3 is 1. The molecule has 1 aliphatic rings. The summed E-state index contributed by atoms with van der Waals surface area (Å²) in [6.45, 7) is 4.54. The van der Waals surface area contributed by atoms with E-state index >= 15 is 0 Å². The summed E-state index contributed by atoms with van der Waals surface area (Å²) in [5, 5.41) is 3.46. The molecule has 0 amide bonds. The lowest BCUT2D eigenvalue weighted by Gasteiger charge is -2.15. The predicted molar refractivity (Wildman–Crippen MR) is 107 cm³/mol. The van der Waals surface area contributed by atoms with Crippen LogP contribution in [0.4, 0.5) is 5.82 Å². The maximum Gasteiger partial charge on any atom is 0.156 e. The number of imidazole rings is 1. The van der Waals surface area contributed by atoms with Crippen molar-refractivity contribution >= 4 is 5.82 Å². The zero-order chi connectivity index (χ0) is 19.3. The van der Waals surface area contributed by atoms with E-state index in [-0.39, 0.29) is 0 Å². The molecule has 1 N–H and O–H groups in total. The van der Waals surface area contributed by atoms with Crippen molar-refractivity contribution in [2.45, 2.75) is 32.4 Å². The Morgan fingerprint density at radius 3 is 2.93 bits per heavy atom. The Bertz CT molecular complexity index is 934. The van der Waals surface area contributed by atoms with Gasteiger partial charge in [-0.25, -0.2) is 15.0 Å². The van der Waals surface area contributed by atoms with Crippen LogP contribution < -0.4 is 5.32 Å². The number of para-hydroxylation sites is 1. The molecule has 1 saturated heterocycles. The third-order valence-electron chi connectivity index (χ3n) is 4.95. The molecule has 146 valence electrons. The van der Waals surface area contributed by atoms with Crippen molar-refractivity contribution in [1.82, 2.24) is 19.5 Å². The van der Waals surface area contributed by atoms with Crippen LogP contribution in [0.3, 0.4) is 0 Å². The summed E-state index contributed by atoms with van der Waals surface area (Å²) in [6.07, 6.45) is 4.79. The van der Waals surface area contributed by atoms with Crippen molar-refractivity contribution in [3.8, 4) is 5.69 Å². The first-order valence-corrected chi connectivity index (χ1v) is 9.51. The highest BCUT2D eigenvalue weighted by molar-refractivity contribution is 5.45. The van der Waals surface area contributed by atoms with Gasteiger partial charge >= 0.3 is 0 Å². The Morgan fingerprint density at radius 1 is 1.29 bits per heavy atom. The minimum atomic E-state index is 0.319. The van der Waals surface area contributed by atoms with Crippen LogP contribution in [0.2, 0.25) is 0 Å². The molecule has 1 fully saturated rings. The quantitative estimate of drug-likeness (QED) is 0.679. The molecule has 0 saturated carbocycles. The second-order valence-electron chi connectivity index (χ2n) is 6.91. The van der Waals surface area contributed by atoms with Gasteiger partial charge in [0.15, 0.2) is 5.82 Å². The molecule has 1 aliphatic heterocycles. The maximum absolute atomic E-state index is 5.53. The second kappa shape index (κ2) is 8.50. The third kappa shape index (κ3) is 4.05. The highest BCUT2D eigenvalue weighted by atomic mass is 16.5. The molecule has 0 unspecified atom stereocenters. The zero-order valence-corrected chi connectivity index (χ0v) is 16.3. The summed E-state index contributed by atoms with van der Waals surface area (Å²) in [7, 11) is 1.66. The standard InChI is InChI=1S/C21H25N5O2/c1-15-22-8-9-26(15)19-6-4-3-5-16(19)12-23-20-11-18(17-7-10-28-13-17)24-21(25-20)14-27-2/h3-6,8-9,11,17H,7,10,12-14H2,1-2H3,(H,23,24,25)/t17-/m0/s1. The maximum atomic E-state index is 5.53. The van der Waals surface area contributed by atoms with Gasteiger partial charge in [0.1, 0.15) is 18.2 Å². The molecule has 0 radical (unpaired) electrons. The van der Waals surface area contributed by atoms with Crippen LogP contribution in [0.5, 0.6) is 0 Å². The molecule has 4 rings (SSSR count). The number of aryl methyl sites for hydroxylation is 1. The number of hydrogen-bond donors (Lipinski definition) is 1. The third-order valence-corrected chi connectivity index (χ3v) is 4.95. The SMILES string of the molecule is COCc1nc(NCc2ccccc2-n2ccnc2C)cc([C@H]2CCOC2)n1. The summed E-state index contributed by atoms with van der Waals surface area (Å²) >= 11 is 0. The van der Waals surface area contributed by atoms with E-state index in [1.54, 1.807) is 7.11 Å². The molecule has 0 bridgehead atoms. The van der Waals surface area contributed by atoms with Gasteiger partial charge in [-0.05, 0) is 25.0 Å². The number of rotatable bonds is 7. The molecule has 1 aromatic carbocycles. The summed E-state index contributed by atoms with van der Waals surface area (Å²) < 4.78 is 12.9. The lowest BCUT2D eigenvalue weighted by molar-refractivity contribution is 0.177. The van der Waals surface area contributed by atoms with Gasteiger partial charge in [-0.3, -0.25) is 0 Å². The molecule has 7 heteroatoms. The molecule has 0 spiro atoms. The predicted octanol–water partition coefficient (Wildman–Crippen LogP) is 3.23. The molecule has 7 nitrogen and oxygen atoms in total. The second-order valence-corrected chi connectivity index (χ2v) is 6.91. The molecule has 0 aliphatic carbocycles. The van der Waals surface area contributed by atoms with E-state index in [1.165, 1.54) is 5.56 Å². The van der Waals surface area contributed by atoms with E-state index in [4.69, 9.17) is 9.47 Å². The van der Waals surface area contributed by atoms with Gasteiger partial charge in [0.2, 0.25) is 0 Å². The molecule has 3 heterocycles. The molecular formula is C21H25N5O2. The van der Waals surface area contributed by atoms with Crippen molar-refractivity contribution in [1.29, 1.82) is 0 Å². The summed E-state index contributed by atoms with van der Waals surface area (Å²) in [4.78, 5) is 13.6. The Labute approximate surface area is 164 Å². The normalized spacial score (nSPS) is 16.4. The first-order chi connectivity index (χ1) is 13.7. The number of ether oxygens (including phenoxy) is 2. The fourth-order valence-electron chi connectivity index (χ4n) is 3.49. The average molecular weight is 379 g/mol. The fourth-order valence-corrected chi connectivity index (χ4v) is 3.49. The monoisotopic (exact) mass is 379 g/mol. The van der Waals surface area contributed by atoms with Crippen LogP contribution in [0.1, 0.15) is 35.2 Å². The number of hydrogen-bond acceptors (Lipinski definition) is 6. The number of nitrogens with zero attached hydrogens (tertiary/aromatic N) is 4. The smallest absolute Gasteiger partial charge is 0.156 e. The van der Waals surface area contributed by atoms with Gasteiger partial charge in [-0.2, -0.15) is 0 Å². The summed E-state index contributed by atoms with van der Waals surface area (Å²) in [5.41, 5.74) is 3.29. The van der Waals surface area contributed by atoms with Crippen molar-refractivity contribution in [2.24, 2.45) is 0 Å². The van der Waals surface area contributed by atoms with E-state index in [1.807, 2.05) is 37.5 Å². The van der Waals surface area contributed by atoms with Crippen molar-refractivity contribution in [2.75, 3.05) is 25.6 Å². The molecule has 1 atom stereocenters.